The van der Waals surface area contributed by atoms with Crippen LogP contribution >= 0.6 is 11.3 Å². The summed E-state index contributed by atoms with van der Waals surface area (Å²) in [6.45, 7) is 8.39. The highest BCUT2D eigenvalue weighted by atomic mass is 32.1. The summed E-state index contributed by atoms with van der Waals surface area (Å²) in [4.78, 5) is 14.9. The maximum absolute atomic E-state index is 9.69. The van der Waals surface area contributed by atoms with E-state index in [0.29, 0.717) is 27.9 Å². The number of methoxy groups -OCH3 is 1. The van der Waals surface area contributed by atoms with E-state index in [9.17, 15) is 5.26 Å². The summed E-state index contributed by atoms with van der Waals surface area (Å²) in [6.07, 6.45) is 8.72. The van der Waals surface area contributed by atoms with Gasteiger partial charge in [0.15, 0.2) is 5.90 Å². The lowest BCUT2D eigenvalue weighted by atomic mass is 9.72. The van der Waals surface area contributed by atoms with Crippen molar-refractivity contribution in [3.8, 4) is 6.07 Å². The van der Waals surface area contributed by atoms with Crippen LogP contribution in [0.5, 0.6) is 0 Å². The lowest BCUT2D eigenvalue weighted by molar-refractivity contribution is 0.337. The van der Waals surface area contributed by atoms with E-state index in [0.717, 1.165) is 61.2 Å². The fourth-order valence-electron chi connectivity index (χ4n) is 4.10. The van der Waals surface area contributed by atoms with Crippen LogP contribution in [0.2, 0.25) is 0 Å². The smallest absolute Gasteiger partial charge is 0.198 e. The van der Waals surface area contributed by atoms with Crippen LogP contribution in [0, 0.1) is 11.3 Å². The van der Waals surface area contributed by atoms with Gasteiger partial charge in [-0.2, -0.15) is 5.26 Å². The Morgan fingerprint density at radius 3 is 2.97 bits per heavy atom. The van der Waals surface area contributed by atoms with E-state index in [4.69, 9.17) is 15.5 Å². The second kappa shape index (κ2) is 9.40. The first-order valence-electron chi connectivity index (χ1n) is 10.4. The summed E-state index contributed by atoms with van der Waals surface area (Å²) in [5.74, 6) is 1.34. The van der Waals surface area contributed by atoms with Crippen molar-refractivity contribution in [1.29, 1.82) is 5.26 Å². The Morgan fingerprint density at radius 1 is 1.47 bits per heavy atom. The fraction of sp³-hybridized carbons (Fsp3) is 0.478. The van der Waals surface area contributed by atoms with Crippen LogP contribution in [-0.4, -0.2) is 23.0 Å². The Labute approximate surface area is 182 Å². The summed E-state index contributed by atoms with van der Waals surface area (Å²) < 4.78 is 5.76. The third kappa shape index (κ3) is 4.24. The summed E-state index contributed by atoms with van der Waals surface area (Å²) >= 11 is 1.50. The molecule has 3 rings (SSSR count). The number of aryl methyl sites for hydroxylation is 2. The van der Waals surface area contributed by atoms with Gasteiger partial charge in [-0.15, -0.1) is 11.3 Å². The molecule has 2 heterocycles. The van der Waals surface area contributed by atoms with Gasteiger partial charge in [-0.3, -0.25) is 0 Å². The molecule has 0 spiro atoms. The van der Waals surface area contributed by atoms with Crippen molar-refractivity contribution < 1.29 is 4.74 Å². The number of ether oxygens (including phenoxy) is 1. The van der Waals surface area contributed by atoms with Crippen molar-refractivity contribution in [2.75, 3.05) is 12.8 Å². The molecule has 0 amide bonds. The number of fused-ring (bicyclic) bond motifs is 1. The van der Waals surface area contributed by atoms with E-state index in [2.05, 4.69) is 36.5 Å². The molecule has 30 heavy (non-hydrogen) atoms. The zero-order chi connectivity index (χ0) is 21.7. The van der Waals surface area contributed by atoms with Crippen LogP contribution < -0.4 is 5.73 Å². The molecular weight excluding hydrogens is 394 g/mol. The van der Waals surface area contributed by atoms with Crippen LogP contribution in [0.3, 0.4) is 0 Å². The third-order valence-electron chi connectivity index (χ3n) is 5.66. The highest BCUT2D eigenvalue weighted by Gasteiger charge is 2.42. The Kier molecular flexibility index (Phi) is 6.88. The van der Waals surface area contributed by atoms with Crippen LogP contribution in [0.15, 0.2) is 23.8 Å². The van der Waals surface area contributed by atoms with Crippen molar-refractivity contribution in [3.63, 3.8) is 0 Å². The zero-order valence-electron chi connectivity index (χ0n) is 18.0. The van der Waals surface area contributed by atoms with Gasteiger partial charge < -0.3 is 10.5 Å². The Bertz CT molecular complexity index is 1000. The molecule has 0 fully saturated rings. The number of aliphatic imine (C=N–C) groups is 1. The van der Waals surface area contributed by atoms with Crippen LogP contribution in [0.4, 0.5) is 5.00 Å². The van der Waals surface area contributed by atoms with E-state index in [-0.39, 0.29) is 0 Å². The van der Waals surface area contributed by atoms with Gasteiger partial charge in [-0.05, 0) is 38.7 Å². The third-order valence-corrected chi connectivity index (χ3v) is 6.74. The van der Waals surface area contributed by atoms with Gasteiger partial charge in [0.05, 0.1) is 29.5 Å². The van der Waals surface area contributed by atoms with Crippen molar-refractivity contribution in [1.82, 2.24) is 9.97 Å². The lowest BCUT2D eigenvalue weighted by Crippen LogP contribution is -2.37. The van der Waals surface area contributed by atoms with Crippen molar-refractivity contribution >= 4 is 27.9 Å². The van der Waals surface area contributed by atoms with Crippen LogP contribution in [0.25, 0.3) is 5.70 Å². The van der Waals surface area contributed by atoms with Crippen LogP contribution in [-0.2, 0) is 23.0 Å². The number of nitrogens with zero attached hydrogens (tertiary/aromatic N) is 4. The van der Waals surface area contributed by atoms with Gasteiger partial charge >= 0.3 is 0 Å². The van der Waals surface area contributed by atoms with Gasteiger partial charge in [-0.25, -0.2) is 15.0 Å². The number of nitriles is 1. The number of unbranched alkanes of at least 4 members (excludes halogenated alkanes) is 2. The number of thiophene rings is 1. The highest BCUT2D eigenvalue weighted by Crippen LogP contribution is 2.46. The predicted octanol–water partition coefficient (Wildman–Crippen LogP) is 5.03. The molecule has 1 aliphatic carbocycles. The number of anilines is 1. The van der Waals surface area contributed by atoms with Crippen LogP contribution in [0.1, 0.15) is 73.5 Å². The fourth-order valence-corrected chi connectivity index (χ4v) is 5.29. The largest absolute Gasteiger partial charge is 0.483 e. The van der Waals surface area contributed by atoms with E-state index in [1.54, 1.807) is 13.3 Å². The van der Waals surface area contributed by atoms with Crippen molar-refractivity contribution in [3.05, 3.63) is 46.4 Å². The molecule has 0 saturated heterocycles. The average Bonchev–Trinajstić information content (AvgIpc) is 3.08. The molecule has 0 saturated carbocycles. The Morgan fingerprint density at radius 2 is 2.27 bits per heavy atom. The maximum Gasteiger partial charge on any atom is 0.198 e. The number of hydrogen-bond donors (Lipinski definition) is 1. The van der Waals surface area contributed by atoms with Crippen molar-refractivity contribution in [2.45, 2.75) is 64.2 Å². The van der Waals surface area contributed by atoms with Gasteiger partial charge in [0.25, 0.3) is 0 Å². The first kappa shape index (κ1) is 22.0. The molecule has 0 bridgehead atoms. The highest BCUT2D eigenvalue weighted by molar-refractivity contribution is 7.16. The lowest BCUT2D eigenvalue weighted by Gasteiger charge is -2.34. The Balaban J connectivity index is 1.95. The molecular formula is C23H29N5OS. The van der Waals surface area contributed by atoms with Gasteiger partial charge in [0, 0.05) is 23.1 Å². The summed E-state index contributed by atoms with van der Waals surface area (Å²) in [5, 5.41) is 10.3. The van der Waals surface area contributed by atoms with E-state index < -0.39 is 5.41 Å². The normalized spacial score (nSPS) is 18.5. The minimum absolute atomic E-state index is 0.526. The Hall–Kier alpha value is -2.72. The number of nitrogens with two attached hydrogens (primary N) is 1. The second-order valence-corrected chi connectivity index (χ2v) is 8.96. The first-order chi connectivity index (χ1) is 14.4. The quantitative estimate of drug-likeness (QED) is 0.382. The SMILES string of the molecule is C=C(N=C(OC)[C@@]1(C)CCCc2sc(N)c(C#N)c21)c1ccnc(CCCCC)n1. The monoisotopic (exact) mass is 423 g/mol. The maximum atomic E-state index is 9.69. The standard InChI is InChI=1S/C23H29N5OS/c1-5-6-7-10-19-26-13-11-17(28-19)15(2)27-22(29-4)23(3)12-8-9-18-20(23)16(14-24)21(25)30-18/h11,13H,2,5-10,12,25H2,1,3-4H3/t23-/m0/s1. The zero-order valence-corrected chi connectivity index (χ0v) is 18.8. The van der Waals surface area contributed by atoms with E-state index in [1.165, 1.54) is 11.3 Å². The molecule has 1 atom stereocenters. The molecule has 1 aliphatic rings. The molecule has 7 heteroatoms. The number of hydrogen-bond acceptors (Lipinski definition) is 7. The summed E-state index contributed by atoms with van der Waals surface area (Å²) in [6, 6.07) is 4.11. The average molecular weight is 424 g/mol. The molecule has 6 nitrogen and oxygen atoms in total. The summed E-state index contributed by atoms with van der Waals surface area (Å²) in [5.41, 5.74) is 8.33. The van der Waals surface area contributed by atoms with Gasteiger partial charge in [0.2, 0.25) is 0 Å². The molecule has 2 N–H and O–H groups in total. The second-order valence-electron chi connectivity index (χ2n) is 7.82. The summed E-state index contributed by atoms with van der Waals surface area (Å²) in [7, 11) is 1.61. The molecule has 0 unspecified atom stereocenters. The van der Waals surface area contributed by atoms with E-state index >= 15 is 0 Å². The van der Waals surface area contributed by atoms with Gasteiger partial charge in [-0.1, -0.05) is 26.3 Å². The molecule has 158 valence electrons. The molecule has 0 aliphatic heterocycles. The predicted molar refractivity (Wildman–Crippen MR) is 122 cm³/mol. The van der Waals surface area contributed by atoms with E-state index in [1.807, 2.05) is 6.07 Å². The topological polar surface area (TPSA) is 97.2 Å². The molecule has 2 aromatic rings. The first-order valence-corrected chi connectivity index (χ1v) is 11.2. The number of aromatic nitrogens is 2. The van der Waals surface area contributed by atoms with Crippen molar-refractivity contribution in [2.24, 2.45) is 4.99 Å². The molecule has 2 aromatic heterocycles. The molecule has 0 radical (unpaired) electrons. The minimum atomic E-state index is -0.526. The van der Waals surface area contributed by atoms with Gasteiger partial charge in [0.1, 0.15) is 16.9 Å². The molecule has 0 aromatic carbocycles. The minimum Gasteiger partial charge on any atom is -0.483 e. The number of nitrogen functional groups attached to an aromatic ring is 1. The number of rotatable bonds is 7.